The zero-order valence-corrected chi connectivity index (χ0v) is 21.1. The molecule has 0 aromatic carbocycles. The Labute approximate surface area is 204 Å². The molecule has 1 aliphatic heterocycles. The molecule has 0 aliphatic carbocycles. The van der Waals surface area contributed by atoms with E-state index in [1.165, 1.54) is 23.6 Å². The summed E-state index contributed by atoms with van der Waals surface area (Å²) in [7, 11) is -3.92. The Kier molecular flexibility index (Phi) is 8.21. The molecular formula is C23H30N4O5S2. The third-order valence-electron chi connectivity index (χ3n) is 5.40. The van der Waals surface area contributed by atoms with Crippen molar-refractivity contribution in [2.75, 3.05) is 13.1 Å². The van der Waals surface area contributed by atoms with Crippen molar-refractivity contribution in [1.82, 2.24) is 19.9 Å². The van der Waals surface area contributed by atoms with E-state index in [9.17, 15) is 22.8 Å². The van der Waals surface area contributed by atoms with Gasteiger partial charge in [0.05, 0.1) is 18.2 Å². The summed E-state index contributed by atoms with van der Waals surface area (Å²) in [5, 5.41) is 8.90. The van der Waals surface area contributed by atoms with Gasteiger partial charge in [0, 0.05) is 18.1 Å². The van der Waals surface area contributed by atoms with E-state index >= 15 is 0 Å². The number of sulfonamides is 1. The number of rotatable bonds is 7. The topological polar surface area (TPSA) is 126 Å². The van der Waals surface area contributed by atoms with E-state index in [0.717, 1.165) is 4.31 Å². The number of carbonyl (C=O) groups excluding carboxylic acids is 3. The number of pyridine rings is 1. The highest BCUT2D eigenvalue weighted by molar-refractivity contribution is 7.89. The van der Waals surface area contributed by atoms with E-state index in [0.29, 0.717) is 24.8 Å². The molecule has 1 aliphatic rings. The van der Waals surface area contributed by atoms with Crippen molar-refractivity contribution < 1.29 is 22.8 Å². The van der Waals surface area contributed by atoms with Gasteiger partial charge in [-0.15, -0.1) is 0 Å². The minimum absolute atomic E-state index is 0.119. The molecule has 0 radical (unpaired) electrons. The second-order valence-electron chi connectivity index (χ2n) is 9.48. The predicted molar refractivity (Wildman–Crippen MR) is 129 cm³/mol. The maximum Gasteiger partial charge on any atom is 0.260 e. The summed E-state index contributed by atoms with van der Waals surface area (Å²) in [6.45, 7) is 5.68. The minimum atomic E-state index is -3.92. The molecular weight excluding hydrogens is 476 g/mol. The lowest BCUT2D eigenvalue weighted by Gasteiger charge is -2.27. The lowest BCUT2D eigenvalue weighted by molar-refractivity contribution is -0.129. The van der Waals surface area contributed by atoms with Crippen LogP contribution in [0, 0.1) is 5.41 Å². The van der Waals surface area contributed by atoms with Crippen molar-refractivity contribution in [3.8, 4) is 0 Å². The molecule has 2 aromatic rings. The van der Waals surface area contributed by atoms with Crippen LogP contribution in [0.15, 0.2) is 46.2 Å². The van der Waals surface area contributed by atoms with Gasteiger partial charge in [-0.3, -0.25) is 14.4 Å². The number of carbonyl (C=O) groups is 3. The van der Waals surface area contributed by atoms with Crippen LogP contribution in [0.3, 0.4) is 0 Å². The number of ketones is 1. The second kappa shape index (κ2) is 10.7. The molecule has 2 atom stereocenters. The monoisotopic (exact) mass is 506 g/mol. The standard InChI is InChI=1S/C23H30N4O5S2/c1-23(2,3)13-18(26-21(29)16-9-12-33-15-16)22(30)25-17-7-6-11-27(14-19(17)28)34(31,32)20-8-4-5-10-24-20/h4-5,8-10,12,15,17-18H,6-7,11,13-14H2,1-3H3,(H,25,30)(H,26,29). The molecule has 2 N–H and O–H groups in total. The van der Waals surface area contributed by atoms with Gasteiger partial charge in [0.1, 0.15) is 6.04 Å². The Balaban J connectivity index is 1.70. The van der Waals surface area contributed by atoms with Crippen molar-refractivity contribution in [2.45, 2.75) is 57.1 Å². The van der Waals surface area contributed by atoms with Gasteiger partial charge >= 0.3 is 0 Å². The number of nitrogens with one attached hydrogen (secondary N) is 2. The molecule has 184 valence electrons. The van der Waals surface area contributed by atoms with Crippen LogP contribution in [0.1, 0.15) is 50.4 Å². The zero-order chi connectivity index (χ0) is 24.9. The molecule has 2 amide bonds. The lowest BCUT2D eigenvalue weighted by Crippen LogP contribution is -2.53. The molecule has 2 unspecified atom stereocenters. The highest BCUT2D eigenvalue weighted by Crippen LogP contribution is 2.22. The third kappa shape index (κ3) is 6.71. The van der Waals surface area contributed by atoms with Gasteiger partial charge in [-0.1, -0.05) is 26.8 Å². The number of Topliss-reactive ketones (excluding diaryl/α,β-unsaturated/α-hetero) is 1. The van der Waals surface area contributed by atoms with Crippen molar-refractivity contribution in [3.05, 3.63) is 46.8 Å². The van der Waals surface area contributed by atoms with Gasteiger partial charge in [0.2, 0.25) is 5.91 Å². The predicted octanol–water partition coefficient (Wildman–Crippen LogP) is 2.22. The zero-order valence-electron chi connectivity index (χ0n) is 19.5. The summed E-state index contributed by atoms with van der Waals surface area (Å²) < 4.78 is 26.9. The van der Waals surface area contributed by atoms with Crippen LogP contribution in [0.25, 0.3) is 0 Å². The molecule has 1 fully saturated rings. The largest absolute Gasteiger partial charge is 0.344 e. The number of nitrogens with zero attached hydrogens (tertiary/aromatic N) is 2. The fraction of sp³-hybridized carbons (Fsp3) is 0.478. The minimum Gasteiger partial charge on any atom is -0.344 e. The fourth-order valence-corrected chi connectivity index (χ4v) is 5.73. The average molecular weight is 507 g/mol. The Bertz CT molecular complexity index is 1110. The van der Waals surface area contributed by atoms with Crippen molar-refractivity contribution in [3.63, 3.8) is 0 Å². The molecule has 1 saturated heterocycles. The van der Waals surface area contributed by atoms with Crippen LogP contribution >= 0.6 is 11.3 Å². The van der Waals surface area contributed by atoms with Crippen molar-refractivity contribution >= 4 is 39.0 Å². The highest BCUT2D eigenvalue weighted by atomic mass is 32.2. The molecule has 0 bridgehead atoms. The smallest absolute Gasteiger partial charge is 0.260 e. The van der Waals surface area contributed by atoms with Crippen LogP contribution in [0.5, 0.6) is 0 Å². The maximum absolute atomic E-state index is 13.1. The Morgan fingerprint density at radius 3 is 2.65 bits per heavy atom. The van der Waals surface area contributed by atoms with Crippen LogP contribution in [-0.4, -0.2) is 60.5 Å². The second-order valence-corrected chi connectivity index (χ2v) is 12.1. The quantitative estimate of drug-likeness (QED) is 0.593. The van der Waals surface area contributed by atoms with E-state index in [1.54, 1.807) is 29.0 Å². The van der Waals surface area contributed by atoms with Gasteiger partial charge in [-0.05, 0) is 48.3 Å². The van der Waals surface area contributed by atoms with Crippen molar-refractivity contribution in [1.29, 1.82) is 0 Å². The summed E-state index contributed by atoms with van der Waals surface area (Å²) in [5.41, 5.74) is 0.211. The molecule has 34 heavy (non-hydrogen) atoms. The Morgan fingerprint density at radius 2 is 2.03 bits per heavy atom. The number of aromatic nitrogens is 1. The lowest BCUT2D eigenvalue weighted by atomic mass is 9.87. The number of hydrogen-bond acceptors (Lipinski definition) is 7. The van der Waals surface area contributed by atoms with E-state index < -0.39 is 33.8 Å². The number of hydrogen-bond donors (Lipinski definition) is 2. The Hall–Kier alpha value is -2.63. The average Bonchev–Trinajstić information content (AvgIpc) is 3.25. The molecule has 3 rings (SSSR count). The first-order valence-corrected chi connectivity index (χ1v) is 13.4. The van der Waals surface area contributed by atoms with E-state index in [4.69, 9.17) is 0 Å². The normalized spacial score (nSPS) is 18.7. The Morgan fingerprint density at radius 1 is 1.26 bits per heavy atom. The van der Waals surface area contributed by atoms with Gasteiger partial charge in [0.25, 0.3) is 15.9 Å². The molecule has 3 heterocycles. The van der Waals surface area contributed by atoms with Gasteiger partial charge in [0.15, 0.2) is 10.8 Å². The van der Waals surface area contributed by atoms with Crippen LogP contribution in [-0.2, 0) is 19.6 Å². The molecule has 2 aromatic heterocycles. The van der Waals surface area contributed by atoms with Gasteiger partial charge in [-0.2, -0.15) is 15.6 Å². The highest BCUT2D eigenvalue weighted by Gasteiger charge is 2.35. The third-order valence-corrected chi connectivity index (χ3v) is 7.85. The molecule has 0 spiro atoms. The first-order valence-electron chi connectivity index (χ1n) is 11.0. The first kappa shape index (κ1) is 26.0. The fourth-order valence-electron chi connectivity index (χ4n) is 3.71. The summed E-state index contributed by atoms with van der Waals surface area (Å²) in [5.74, 6) is -1.22. The van der Waals surface area contributed by atoms with Crippen molar-refractivity contribution in [2.24, 2.45) is 5.41 Å². The molecule has 9 nitrogen and oxygen atoms in total. The summed E-state index contributed by atoms with van der Waals surface area (Å²) in [6.07, 6.45) is 2.46. The summed E-state index contributed by atoms with van der Waals surface area (Å²) >= 11 is 1.38. The van der Waals surface area contributed by atoms with Crippen LogP contribution < -0.4 is 10.6 Å². The SMILES string of the molecule is CC(C)(C)CC(NC(=O)c1ccsc1)C(=O)NC1CCCN(S(=O)(=O)c2ccccn2)CC1=O. The molecule has 11 heteroatoms. The van der Waals surface area contributed by atoms with E-state index in [1.807, 2.05) is 20.8 Å². The maximum atomic E-state index is 13.1. The summed E-state index contributed by atoms with van der Waals surface area (Å²) in [4.78, 5) is 42.5. The van der Waals surface area contributed by atoms with Gasteiger partial charge < -0.3 is 10.6 Å². The van der Waals surface area contributed by atoms with Crippen LogP contribution in [0.2, 0.25) is 0 Å². The summed E-state index contributed by atoms with van der Waals surface area (Å²) in [6, 6.07) is 4.58. The number of amides is 2. The number of thiophene rings is 1. The van der Waals surface area contributed by atoms with Gasteiger partial charge in [-0.25, -0.2) is 13.4 Å². The van der Waals surface area contributed by atoms with E-state index in [-0.39, 0.29) is 29.4 Å². The molecule has 0 saturated carbocycles. The van der Waals surface area contributed by atoms with Crippen LogP contribution in [0.4, 0.5) is 0 Å². The van der Waals surface area contributed by atoms with E-state index in [2.05, 4.69) is 15.6 Å². The first-order chi connectivity index (χ1) is 16.0.